The molecule has 4 aromatic heterocycles. The monoisotopic (exact) mass is 636 g/mol. The smallest absolute Gasteiger partial charge is 0.0730 e. The van der Waals surface area contributed by atoms with E-state index in [2.05, 4.69) is 167 Å². The Bertz CT molecular complexity index is 2430. The number of hydrogen-bond acceptors (Lipinski definition) is 3. The second kappa shape index (κ2) is 11.7. The molecule has 1 N–H and O–H groups in total. The number of nitrogens with one attached hydrogen (secondary N) is 1. The first-order chi connectivity index (χ1) is 23.3. The Labute approximate surface area is 281 Å². The van der Waals surface area contributed by atoms with E-state index in [9.17, 15) is 0 Å². The summed E-state index contributed by atoms with van der Waals surface area (Å²) in [5.41, 5.74) is 13.5. The number of benzene rings is 5. The first-order valence-electron chi connectivity index (χ1n) is 15.7. The molecule has 0 radical (unpaired) electrons. The molecule has 0 amide bonds. The molecular formula is C43H28N2S2. The lowest BCUT2D eigenvalue weighted by molar-refractivity contribution is 1.32. The summed E-state index contributed by atoms with van der Waals surface area (Å²) in [4.78, 5) is 11.7. The molecule has 9 aromatic rings. The molecule has 0 spiro atoms. The fourth-order valence-corrected chi connectivity index (χ4v) is 7.94. The maximum absolute atomic E-state index is 5.37. The van der Waals surface area contributed by atoms with E-state index in [1.54, 1.807) is 22.7 Å². The Hall–Kier alpha value is -5.55. The van der Waals surface area contributed by atoms with Gasteiger partial charge in [-0.3, -0.25) is 0 Å². The van der Waals surface area contributed by atoms with Crippen LogP contribution in [0.2, 0.25) is 0 Å². The van der Waals surface area contributed by atoms with E-state index in [0.717, 1.165) is 33.5 Å². The fraction of sp³-hybridized carbons (Fsp3) is 0. The molecule has 2 nitrogen and oxygen atoms in total. The predicted molar refractivity (Wildman–Crippen MR) is 202 cm³/mol. The third-order valence-corrected chi connectivity index (χ3v) is 10.6. The van der Waals surface area contributed by atoms with Crippen molar-refractivity contribution in [1.82, 2.24) is 9.97 Å². The SMILES string of the molecule is c1ccc(-c2cc(-c3ccccc3)cc(-c3cccc(-c4cc(-c5cccs5)cc5c4[nH]c4ccc(-c6cccs6)cc45)n3)c2)cc1. The first kappa shape index (κ1) is 27.7. The summed E-state index contributed by atoms with van der Waals surface area (Å²) in [5.74, 6) is 0. The van der Waals surface area contributed by atoms with Gasteiger partial charge in [0.15, 0.2) is 0 Å². The standard InChI is InChI=1S/C43H28N2S2/c1-3-10-28(11-4-1)31-22-32(29-12-5-2-6-13-29)24-33(23-31)38-14-7-15-39(44-38)37-27-34(42-17-9-21-47-42)26-36-35-25-30(41-16-8-20-46-41)18-19-40(35)45-43(36)37/h1-27,45H. The summed E-state index contributed by atoms with van der Waals surface area (Å²) in [7, 11) is 0. The molecule has 5 aromatic carbocycles. The number of pyridine rings is 1. The summed E-state index contributed by atoms with van der Waals surface area (Å²) in [6, 6.07) is 54.4. The third-order valence-electron chi connectivity index (χ3n) is 8.79. The molecule has 0 aliphatic carbocycles. The summed E-state index contributed by atoms with van der Waals surface area (Å²) in [5, 5.41) is 6.72. The Morgan fingerprint density at radius 1 is 0.404 bits per heavy atom. The minimum absolute atomic E-state index is 0.947. The average molecular weight is 637 g/mol. The molecule has 0 bridgehead atoms. The normalized spacial score (nSPS) is 11.4. The Kier molecular flexibility index (Phi) is 6.89. The maximum atomic E-state index is 5.37. The average Bonchev–Trinajstić information content (AvgIpc) is 3.94. The number of fused-ring (bicyclic) bond motifs is 3. The molecule has 0 aliphatic heterocycles. The summed E-state index contributed by atoms with van der Waals surface area (Å²) in [6.45, 7) is 0. The van der Waals surface area contributed by atoms with Crippen LogP contribution < -0.4 is 0 Å². The number of aromatic amines is 1. The lowest BCUT2D eigenvalue weighted by Gasteiger charge is -2.12. The van der Waals surface area contributed by atoms with E-state index < -0.39 is 0 Å². The van der Waals surface area contributed by atoms with Gasteiger partial charge in [-0.1, -0.05) is 84.9 Å². The van der Waals surface area contributed by atoms with Crippen molar-refractivity contribution in [2.24, 2.45) is 0 Å². The van der Waals surface area contributed by atoms with Crippen molar-refractivity contribution >= 4 is 44.5 Å². The molecule has 9 rings (SSSR count). The Morgan fingerprint density at radius 2 is 1.02 bits per heavy atom. The fourth-order valence-electron chi connectivity index (χ4n) is 6.50. The van der Waals surface area contributed by atoms with Crippen LogP contribution in [0.1, 0.15) is 0 Å². The second-order valence-electron chi connectivity index (χ2n) is 11.7. The molecule has 4 heterocycles. The highest BCUT2D eigenvalue weighted by molar-refractivity contribution is 7.13. The quantitative estimate of drug-likeness (QED) is 0.193. The lowest BCUT2D eigenvalue weighted by atomic mass is 9.94. The van der Waals surface area contributed by atoms with Crippen LogP contribution >= 0.6 is 22.7 Å². The zero-order chi connectivity index (χ0) is 31.2. The van der Waals surface area contributed by atoms with Gasteiger partial charge in [0.2, 0.25) is 0 Å². The topological polar surface area (TPSA) is 28.7 Å². The number of thiophene rings is 2. The zero-order valence-electron chi connectivity index (χ0n) is 25.4. The zero-order valence-corrected chi connectivity index (χ0v) is 27.0. The molecular weight excluding hydrogens is 609 g/mol. The largest absolute Gasteiger partial charge is 0.354 e. The molecule has 0 saturated heterocycles. The van der Waals surface area contributed by atoms with Gasteiger partial charge in [-0.05, 0) is 111 Å². The predicted octanol–water partition coefficient (Wildman–Crippen LogP) is 12.8. The molecule has 0 fully saturated rings. The number of aromatic nitrogens is 2. The highest BCUT2D eigenvalue weighted by Crippen LogP contribution is 2.40. The van der Waals surface area contributed by atoms with Gasteiger partial charge >= 0.3 is 0 Å². The van der Waals surface area contributed by atoms with Crippen LogP contribution in [0, 0.1) is 0 Å². The third kappa shape index (κ3) is 5.18. The van der Waals surface area contributed by atoms with Gasteiger partial charge in [0.25, 0.3) is 0 Å². The van der Waals surface area contributed by atoms with E-state index in [0.29, 0.717) is 0 Å². The Balaban J connectivity index is 1.24. The van der Waals surface area contributed by atoms with Crippen LogP contribution in [-0.2, 0) is 0 Å². The van der Waals surface area contributed by atoms with Gasteiger partial charge in [-0.15, -0.1) is 22.7 Å². The van der Waals surface area contributed by atoms with Crippen molar-refractivity contribution in [3.05, 3.63) is 162 Å². The van der Waals surface area contributed by atoms with Crippen molar-refractivity contribution in [2.75, 3.05) is 0 Å². The molecule has 4 heteroatoms. The summed E-state index contributed by atoms with van der Waals surface area (Å²) < 4.78 is 0. The molecule has 0 atom stereocenters. The van der Waals surface area contributed by atoms with Crippen molar-refractivity contribution < 1.29 is 0 Å². The van der Waals surface area contributed by atoms with Gasteiger partial charge in [-0.2, -0.15) is 0 Å². The minimum Gasteiger partial charge on any atom is -0.354 e. The molecule has 0 unspecified atom stereocenters. The van der Waals surface area contributed by atoms with E-state index in [1.165, 1.54) is 53.9 Å². The molecule has 47 heavy (non-hydrogen) atoms. The number of H-pyrrole nitrogens is 1. The van der Waals surface area contributed by atoms with E-state index in [1.807, 2.05) is 0 Å². The van der Waals surface area contributed by atoms with Gasteiger partial charge in [0.1, 0.15) is 0 Å². The Morgan fingerprint density at radius 3 is 1.68 bits per heavy atom. The van der Waals surface area contributed by atoms with Gasteiger partial charge in [0.05, 0.1) is 16.9 Å². The van der Waals surface area contributed by atoms with Gasteiger partial charge in [0, 0.05) is 37.2 Å². The van der Waals surface area contributed by atoms with Gasteiger partial charge in [-0.25, -0.2) is 4.98 Å². The molecule has 0 saturated carbocycles. The van der Waals surface area contributed by atoms with Crippen LogP contribution in [0.5, 0.6) is 0 Å². The summed E-state index contributed by atoms with van der Waals surface area (Å²) in [6.07, 6.45) is 0. The van der Waals surface area contributed by atoms with Crippen LogP contribution in [0.4, 0.5) is 0 Å². The first-order valence-corrected chi connectivity index (χ1v) is 17.4. The minimum atomic E-state index is 0.947. The van der Waals surface area contributed by atoms with Crippen LogP contribution in [0.15, 0.2) is 162 Å². The van der Waals surface area contributed by atoms with Crippen molar-refractivity contribution in [3.8, 4) is 65.6 Å². The highest BCUT2D eigenvalue weighted by atomic mass is 32.1. The number of rotatable bonds is 6. The number of nitrogens with zero attached hydrogens (tertiary/aromatic N) is 1. The number of hydrogen-bond donors (Lipinski definition) is 1. The van der Waals surface area contributed by atoms with Crippen LogP contribution in [-0.4, -0.2) is 9.97 Å². The summed E-state index contributed by atoms with van der Waals surface area (Å²) >= 11 is 3.54. The molecule has 0 aliphatic rings. The molecule has 222 valence electrons. The van der Waals surface area contributed by atoms with E-state index in [4.69, 9.17) is 4.98 Å². The lowest BCUT2D eigenvalue weighted by Crippen LogP contribution is -1.92. The van der Waals surface area contributed by atoms with Crippen LogP contribution in [0.3, 0.4) is 0 Å². The van der Waals surface area contributed by atoms with Crippen LogP contribution in [0.25, 0.3) is 87.5 Å². The van der Waals surface area contributed by atoms with Crippen molar-refractivity contribution in [2.45, 2.75) is 0 Å². The second-order valence-corrected chi connectivity index (χ2v) is 13.6. The maximum Gasteiger partial charge on any atom is 0.0730 e. The van der Waals surface area contributed by atoms with E-state index >= 15 is 0 Å². The van der Waals surface area contributed by atoms with E-state index in [-0.39, 0.29) is 0 Å². The highest BCUT2D eigenvalue weighted by Gasteiger charge is 2.16. The van der Waals surface area contributed by atoms with Crippen molar-refractivity contribution in [1.29, 1.82) is 0 Å². The van der Waals surface area contributed by atoms with Crippen molar-refractivity contribution in [3.63, 3.8) is 0 Å². The van der Waals surface area contributed by atoms with Gasteiger partial charge < -0.3 is 4.98 Å².